The molecule has 2 N–H and O–H groups in total. The van der Waals surface area contributed by atoms with Crippen LogP contribution in [0.4, 0.5) is 0 Å². The van der Waals surface area contributed by atoms with Crippen LogP contribution in [0, 0.1) is 0 Å². The van der Waals surface area contributed by atoms with Gasteiger partial charge in [0.1, 0.15) is 12.3 Å². The molecule has 0 spiro atoms. The van der Waals surface area contributed by atoms with E-state index in [0.717, 1.165) is 5.69 Å². The van der Waals surface area contributed by atoms with Crippen LogP contribution in [-0.4, -0.2) is 15.0 Å². The SMILES string of the molecule is NOCc1cn(-c2ccccc2)nn1. The van der Waals surface area contributed by atoms with E-state index in [1.165, 1.54) is 0 Å². The molecule has 0 saturated heterocycles. The van der Waals surface area contributed by atoms with E-state index in [2.05, 4.69) is 15.1 Å². The van der Waals surface area contributed by atoms with Gasteiger partial charge >= 0.3 is 0 Å². The number of benzene rings is 1. The van der Waals surface area contributed by atoms with Crippen LogP contribution in [0.5, 0.6) is 0 Å². The van der Waals surface area contributed by atoms with Gasteiger partial charge in [0.05, 0.1) is 11.9 Å². The van der Waals surface area contributed by atoms with Gasteiger partial charge in [0.25, 0.3) is 0 Å². The van der Waals surface area contributed by atoms with Crippen molar-refractivity contribution < 1.29 is 4.84 Å². The maximum Gasteiger partial charge on any atom is 0.113 e. The molecule has 1 aromatic heterocycles. The van der Waals surface area contributed by atoms with Crippen LogP contribution >= 0.6 is 0 Å². The van der Waals surface area contributed by atoms with Gasteiger partial charge in [-0.1, -0.05) is 23.4 Å². The van der Waals surface area contributed by atoms with Crippen molar-refractivity contribution in [2.45, 2.75) is 6.61 Å². The highest BCUT2D eigenvalue weighted by Gasteiger charge is 2.00. The molecule has 0 aliphatic carbocycles. The van der Waals surface area contributed by atoms with Crippen molar-refractivity contribution >= 4 is 0 Å². The Morgan fingerprint density at radius 3 is 2.79 bits per heavy atom. The summed E-state index contributed by atoms with van der Waals surface area (Å²) in [6.07, 6.45) is 1.78. The largest absolute Gasteiger partial charge is 0.298 e. The van der Waals surface area contributed by atoms with Crippen molar-refractivity contribution in [3.8, 4) is 5.69 Å². The normalized spacial score (nSPS) is 10.4. The van der Waals surface area contributed by atoms with Crippen LogP contribution < -0.4 is 5.90 Å². The van der Waals surface area contributed by atoms with Gasteiger partial charge in [-0.05, 0) is 12.1 Å². The number of hydrogen-bond acceptors (Lipinski definition) is 4. The van der Waals surface area contributed by atoms with Crippen molar-refractivity contribution in [3.05, 3.63) is 42.2 Å². The molecule has 2 aromatic rings. The highest BCUT2D eigenvalue weighted by atomic mass is 16.6. The second-order valence-corrected chi connectivity index (χ2v) is 2.80. The lowest BCUT2D eigenvalue weighted by Crippen LogP contribution is -1.98. The Balaban J connectivity index is 2.25. The summed E-state index contributed by atoms with van der Waals surface area (Å²) in [6, 6.07) is 9.72. The molecule has 14 heavy (non-hydrogen) atoms. The number of hydrogen-bond donors (Lipinski definition) is 1. The number of aromatic nitrogens is 3. The summed E-state index contributed by atoms with van der Waals surface area (Å²) < 4.78 is 1.67. The van der Waals surface area contributed by atoms with Crippen LogP contribution in [-0.2, 0) is 11.4 Å². The van der Waals surface area contributed by atoms with Crippen molar-refractivity contribution in [2.75, 3.05) is 0 Å². The zero-order chi connectivity index (χ0) is 9.80. The monoisotopic (exact) mass is 190 g/mol. The molecule has 0 saturated carbocycles. The van der Waals surface area contributed by atoms with E-state index in [9.17, 15) is 0 Å². The zero-order valence-electron chi connectivity index (χ0n) is 7.50. The van der Waals surface area contributed by atoms with Crippen molar-refractivity contribution in [1.29, 1.82) is 0 Å². The molecule has 0 aliphatic heterocycles. The molecular formula is C9H10N4O. The molecule has 72 valence electrons. The molecule has 2 rings (SSSR count). The topological polar surface area (TPSA) is 66.0 Å². The molecule has 0 aliphatic rings. The first-order valence-electron chi connectivity index (χ1n) is 4.18. The molecule has 5 heteroatoms. The van der Waals surface area contributed by atoms with Crippen LogP contribution in [0.3, 0.4) is 0 Å². The van der Waals surface area contributed by atoms with Crippen LogP contribution in [0.25, 0.3) is 5.69 Å². The lowest BCUT2D eigenvalue weighted by Gasteiger charge is -1.96. The van der Waals surface area contributed by atoms with Crippen molar-refractivity contribution in [1.82, 2.24) is 15.0 Å². The molecule has 0 amide bonds. The van der Waals surface area contributed by atoms with Gasteiger partial charge in [0, 0.05) is 0 Å². The van der Waals surface area contributed by atoms with E-state index in [0.29, 0.717) is 5.69 Å². The van der Waals surface area contributed by atoms with E-state index >= 15 is 0 Å². The summed E-state index contributed by atoms with van der Waals surface area (Å²) in [5, 5.41) is 7.83. The lowest BCUT2D eigenvalue weighted by molar-refractivity contribution is 0.121. The van der Waals surface area contributed by atoms with Gasteiger partial charge < -0.3 is 0 Å². The molecule has 0 bridgehead atoms. The fourth-order valence-corrected chi connectivity index (χ4v) is 1.16. The Morgan fingerprint density at radius 1 is 1.29 bits per heavy atom. The minimum Gasteiger partial charge on any atom is -0.298 e. The van der Waals surface area contributed by atoms with Gasteiger partial charge in [0.2, 0.25) is 0 Å². The van der Waals surface area contributed by atoms with E-state index in [1.807, 2.05) is 30.3 Å². The first-order valence-corrected chi connectivity index (χ1v) is 4.18. The van der Waals surface area contributed by atoms with E-state index in [-0.39, 0.29) is 6.61 Å². The summed E-state index contributed by atoms with van der Waals surface area (Å²) in [7, 11) is 0. The maximum absolute atomic E-state index is 4.93. The molecule has 0 radical (unpaired) electrons. The first-order chi connectivity index (χ1) is 6.90. The molecule has 1 aromatic carbocycles. The third-order valence-electron chi connectivity index (χ3n) is 1.79. The third kappa shape index (κ3) is 1.78. The van der Waals surface area contributed by atoms with E-state index < -0.39 is 0 Å². The van der Waals surface area contributed by atoms with Gasteiger partial charge in [-0.2, -0.15) is 0 Å². The summed E-state index contributed by atoms with van der Waals surface area (Å²) in [6.45, 7) is 0.271. The Kier molecular flexibility index (Phi) is 2.53. The Hall–Kier alpha value is -1.72. The van der Waals surface area contributed by atoms with Gasteiger partial charge in [-0.25, -0.2) is 10.6 Å². The Bertz CT molecular complexity index is 398. The van der Waals surface area contributed by atoms with Crippen LogP contribution in [0.2, 0.25) is 0 Å². The molecule has 0 unspecified atom stereocenters. The molecular weight excluding hydrogens is 180 g/mol. The molecule has 1 heterocycles. The second kappa shape index (κ2) is 3.99. The second-order valence-electron chi connectivity index (χ2n) is 2.80. The minimum atomic E-state index is 0.271. The van der Waals surface area contributed by atoms with E-state index in [4.69, 9.17) is 5.90 Å². The predicted molar refractivity (Wildman–Crippen MR) is 50.3 cm³/mol. The third-order valence-corrected chi connectivity index (χ3v) is 1.79. The van der Waals surface area contributed by atoms with Gasteiger partial charge in [-0.15, -0.1) is 5.10 Å². The minimum absolute atomic E-state index is 0.271. The maximum atomic E-state index is 4.93. The fraction of sp³-hybridized carbons (Fsp3) is 0.111. The van der Waals surface area contributed by atoms with Gasteiger partial charge in [-0.3, -0.25) is 4.84 Å². The van der Waals surface area contributed by atoms with Gasteiger partial charge in [0.15, 0.2) is 0 Å². The number of nitrogens with two attached hydrogens (primary N) is 1. The number of para-hydroxylation sites is 1. The standard InChI is InChI=1S/C9H10N4O/c10-14-7-8-6-13(12-11-8)9-4-2-1-3-5-9/h1-6H,7,10H2. The first kappa shape index (κ1) is 8.86. The lowest BCUT2D eigenvalue weighted by atomic mass is 10.3. The zero-order valence-corrected chi connectivity index (χ0v) is 7.50. The van der Waals surface area contributed by atoms with Crippen LogP contribution in [0.1, 0.15) is 5.69 Å². The summed E-state index contributed by atoms with van der Waals surface area (Å²) in [5.74, 6) is 4.93. The summed E-state index contributed by atoms with van der Waals surface area (Å²) >= 11 is 0. The molecule has 5 nitrogen and oxygen atoms in total. The Morgan fingerprint density at radius 2 is 2.07 bits per heavy atom. The number of nitrogens with zero attached hydrogens (tertiary/aromatic N) is 3. The quantitative estimate of drug-likeness (QED) is 0.722. The average molecular weight is 190 g/mol. The van der Waals surface area contributed by atoms with Crippen molar-refractivity contribution in [2.24, 2.45) is 5.90 Å². The van der Waals surface area contributed by atoms with E-state index in [1.54, 1.807) is 10.9 Å². The fourth-order valence-electron chi connectivity index (χ4n) is 1.16. The highest BCUT2D eigenvalue weighted by molar-refractivity contribution is 5.29. The Labute approximate surface area is 81.1 Å². The van der Waals surface area contributed by atoms with Crippen LogP contribution in [0.15, 0.2) is 36.5 Å². The number of rotatable bonds is 3. The average Bonchev–Trinajstić information content (AvgIpc) is 2.68. The predicted octanol–water partition coefficient (Wildman–Crippen LogP) is 0.658. The van der Waals surface area contributed by atoms with Crippen molar-refractivity contribution in [3.63, 3.8) is 0 Å². The molecule has 0 fully saturated rings. The highest BCUT2D eigenvalue weighted by Crippen LogP contribution is 2.05. The summed E-state index contributed by atoms with van der Waals surface area (Å²) in [5.41, 5.74) is 1.67. The smallest absolute Gasteiger partial charge is 0.113 e. The molecule has 0 atom stereocenters. The summed E-state index contributed by atoms with van der Waals surface area (Å²) in [4.78, 5) is 4.46.